The van der Waals surface area contributed by atoms with E-state index in [1.165, 1.54) is 36.4 Å². The van der Waals surface area contributed by atoms with Gasteiger partial charge in [-0.15, -0.1) is 0 Å². The van der Waals surface area contributed by atoms with Gasteiger partial charge in [0.1, 0.15) is 11.6 Å². The maximum absolute atomic E-state index is 12.1. The smallest absolute Gasteiger partial charge is 0.335 e. The number of rotatable bonds is 4. The van der Waals surface area contributed by atoms with Gasteiger partial charge in [0.05, 0.1) is 15.6 Å². The molecule has 120 valence electrons. The number of halogens is 2. The Bertz CT molecular complexity index is 868. The fourth-order valence-corrected chi connectivity index (χ4v) is 2.12. The summed E-state index contributed by atoms with van der Waals surface area (Å²) in [4.78, 5) is 22.9. The van der Waals surface area contributed by atoms with Gasteiger partial charge in [-0.3, -0.25) is 4.79 Å². The molecule has 2 aromatic carbocycles. The first-order valence-corrected chi connectivity index (χ1v) is 7.38. The van der Waals surface area contributed by atoms with Crippen LogP contribution in [0.3, 0.4) is 0 Å². The minimum atomic E-state index is -1.06. The molecule has 0 aromatic heterocycles. The molecular formula is C17H10Cl2N2O3. The molecule has 1 amide bonds. The van der Waals surface area contributed by atoms with E-state index in [-0.39, 0.29) is 11.1 Å². The monoisotopic (exact) mass is 360 g/mol. The minimum absolute atomic E-state index is 0.0971. The van der Waals surface area contributed by atoms with Crippen molar-refractivity contribution in [1.29, 1.82) is 5.26 Å². The molecule has 5 nitrogen and oxygen atoms in total. The zero-order chi connectivity index (χ0) is 17.7. The molecule has 0 unspecified atom stereocenters. The van der Waals surface area contributed by atoms with Crippen molar-refractivity contribution in [3.05, 3.63) is 69.2 Å². The topological polar surface area (TPSA) is 90.2 Å². The molecule has 0 aliphatic rings. The highest BCUT2D eigenvalue weighted by Crippen LogP contribution is 2.24. The second kappa shape index (κ2) is 7.64. The number of nitrogens with zero attached hydrogens (tertiary/aromatic N) is 1. The Hall–Kier alpha value is -2.81. The molecular weight excluding hydrogens is 351 g/mol. The van der Waals surface area contributed by atoms with Crippen molar-refractivity contribution in [3.8, 4) is 6.07 Å². The molecule has 0 aliphatic heterocycles. The molecule has 0 saturated carbocycles. The Kier molecular flexibility index (Phi) is 5.59. The fraction of sp³-hybridized carbons (Fsp3) is 0. The second-order valence-electron chi connectivity index (χ2n) is 4.68. The van der Waals surface area contributed by atoms with Crippen molar-refractivity contribution < 1.29 is 14.7 Å². The molecule has 0 aliphatic carbocycles. The van der Waals surface area contributed by atoms with Gasteiger partial charge < -0.3 is 10.4 Å². The summed E-state index contributed by atoms with van der Waals surface area (Å²) >= 11 is 11.7. The van der Waals surface area contributed by atoms with Gasteiger partial charge in [-0.1, -0.05) is 29.3 Å². The minimum Gasteiger partial charge on any atom is -0.478 e. The highest BCUT2D eigenvalue weighted by atomic mass is 35.5. The molecule has 0 heterocycles. The summed E-state index contributed by atoms with van der Waals surface area (Å²) < 4.78 is 0. The summed E-state index contributed by atoms with van der Waals surface area (Å²) in [5.74, 6) is -1.68. The van der Waals surface area contributed by atoms with Crippen LogP contribution >= 0.6 is 23.2 Å². The van der Waals surface area contributed by atoms with Crippen LogP contribution in [0.4, 0.5) is 5.69 Å². The van der Waals surface area contributed by atoms with Crippen molar-refractivity contribution in [3.63, 3.8) is 0 Å². The Morgan fingerprint density at radius 1 is 1.08 bits per heavy atom. The van der Waals surface area contributed by atoms with Crippen LogP contribution < -0.4 is 5.32 Å². The third kappa shape index (κ3) is 4.35. The average molecular weight is 361 g/mol. The third-order valence-electron chi connectivity index (χ3n) is 3.01. The zero-order valence-electron chi connectivity index (χ0n) is 12.1. The van der Waals surface area contributed by atoms with Gasteiger partial charge in [0.2, 0.25) is 0 Å². The summed E-state index contributed by atoms with van der Waals surface area (Å²) in [5, 5.41) is 21.2. The fourth-order valence-electron chi connectivity index (χ4n) is 1.81. The van der Waals surface area contributed by atoms with E-state index in [1.807, 2.05) is 6.07 Å². The number of nitrogens with one attached hydrogen (secondary N) is 1. The molecule has 0 spiro atoms. The highest BCUT2D eigenvalue weighted by Gasteiger charge is 2.11. The zero-order valence-corrected chi connectivity index (χ0v) is 13.6. The second-order valence-corrected chi connectivity index (χ2v) is 5.49. The van der Waals surface area contributed by atoms with Gasteiger partial charge in [0.25, 0.3) is 5.91 Å². The highest BCUT2D eigenvalue weighted by molar-refractivity contribution is 6.42. The SMILES string of the molecule is N#C/C(=C\c1ccc(Cl)c(Cl)c1)C(=O)Nc1ccc(C(=O)O)cc1. The average Bonchev–Trinajstić information content (AvgIpc) is 2.56. The molecule has 0 radical (unpaired) electrons. The molecule has 2 N–H and O–H groups in total. The standard InChI is InChI=1S/C17H10Cl2N2O3/c18-14-6-1-10(8-15(14)19)7-12(9-20)16(22)21-13-4-2-11(3-5-13)17(23)24/h1-8H,(H,21,22)(H,23,24)/b12-7+. The number of hydrogen-bond donors (Lipinski definition) is 2. The molecule has 7 heteroatoms. The quantitative estimate of drug-likeness (QED) is 0.630. The lowest BCUT2D eigenvalue weighted by molar-refractivity contribution is -0.112. The van der Waals surface area contributed by atoms with Crippen LogP contribution in [-0.2, 0) is 4.79 Å². The number of nitriles is 1. The van der Waals surface area contributed by atoms with Gasteiger partial charge in [-0.05, 0) is 48.0 Å². The van der Waals surface area contributed by atoms with Crippen molar-refractivity contribution in [2.75, 3.05) is 5.32 Å². The normalized spacial score (nSPS) is 10.8. The number of carboxylic acid groups (broad SMARTS) is 1. The predicted molar refractivity (Wildman–Crippen MR) is 92.1 cm³/mol. The lowest BCUT2D eigenvalue weighted by atomic mass is 10.1. The van der Waals surface area contributed by atoms with Crippen molar-refractivity contribution >= 4 is 46.8 Å². The molecule has 2 rings (SSSR count). The van der Waals surface area contributed by atoms with Crippen LogP contribution in [0.15, 0.2) is 48.0 Å². The van der Waals surface area contributed by atoms with Crippen molar-refractivity contribution in [2.45, 2.75) is 0 Å². The number of carboxylic acids is 1. The lowest BCUT2D eigenvalue weighted by Crippen LogP contribution is -2.13. The summed E-state index contributed by atoms with van der Waals surface area (Å²) in [7, 11) is 0. The Balaban J connectivity index is 2.19. The van der Waals surface area contributed by atoms with Crippen LogP contribution in [0.2, 0.25) is 10.0 Å². The Labute approximate surface area is 147 Å². The number of aromatic carboxylic acids is 1. The molecule has 2 aromatic rings. The van der Waals surface area contributed by atoms with E-state index in [0.717, 1.165) is 0 Å². The van der Waals surface area contributed by atoms with E-state index >= 15 is 0 Å². The Morgan fingerprint density at radius 3 is 2.29 bits per heavy atom. The lowest BCUT2D eigenvalue weighted by Gasteiger charge is -2.05. The van der Waals surface area contributed by atoms with E-state index in [9.17, 15) is 9.59 Å². The van der Waals surface area contributed by atoms with E-state index in [2.05, 4.69) is 5.32 Å². The maximum Gasteiger partial charge on any atom is 0.335 e. The summed E-state index contributed by atoms with van der Waals surface area (Å²) in [6.07, 6.45) is 1.38. The first-order valence-electron chi connectivity index (χ1n) is 6.62. The van der Waals surface area contributed by atoms with Gasteiger partial charge in [0.15, 0.2) is 0 Å². The molecule has 0 atom stereocenters. The van der Waals surface area contributed by atoms with Crippen LogP contribution in [0.25, 0.3) is 6.08 Å². The van der Waals surface area contributed by atoms with E-state index in [0.29, 0.717) is 21.3 Å². The number of hydrogen-bond acceptors (Lipinski definition) is 3. The summed E-state index contributed by atoms with van der Waals surface area (Å²) in [6.45, 7) is 0. The maximum atomic E-state index is 12.1. The van der Waals surface area contributed by atoms with E-state index < -0.39 is 11.9 Å². The number of benzene rings is 2. The van der Waals surface area contributed by atoms with Gasteiger partial charge >= 0.3 is 5.97 Å². The first kappa shape index (κ1) is 17.5. The van der Waals surface area contributed by atoms with E-state index in [4.69, 9.17) is 33.6 Å². The van der Waals surface area contributed by atoms with Crippen LogP contribution in [-0.4, -0.2) is 17.0 Å². The predicted octanol–water partition coefficient (Wildman–Crippen LogP) is 4.24. The largest absolute Gasteiger partial charge is 0.478 e. The Morgan fingerprint density at radius 2 is 1.75 bits per heavy atom. The van der Waals surface area contributed by atoms with Crippen molar-refractivity contribution in [1.82, 2.24) is 0 Å². The van der Waals surface area contributed by atoms with Gasteiger partial charge in [0, 0.05) is 5.69 Å². The number of carbonyl (C=O) groups excluding carboxylic acids is 1. The van der Waals surface area contributed by atoms with Crippen LogP contribution in [0, 0.1) is 11.3 Å². The summed E-state index contributed by atoms with van der Waals surface area (Å²) in [5.41, 5.74) is 0.896. The molecule has 0 fully saturated rings. The third-order valence-corrected chi connectivity index (χ3v) is 3.75. The van der Waals surface area contributed by atoms with Crippen LogP contribution in [0.1, 0.15) is 15.9 Å². The van der Waals surface area contributed by atoms with Crippen LogP contribution in [0.5, 0.6) is 0 Å². The van der Waals surface area contributed by atoms with Crippen molar-refractivity contribution in [2.24, 2.45) is 0 Å². The van der Waals surface area contributed by atoms with E-state index in [1.54, 1.807) is 12.1 Å². The molecule has 0 saturated heterocycles. The van der Waals surface area contributed by atoms with Gasteiger partial charge in [-0.2, -0.15) is 5.26 Å². The molecule has 0 bridgehead atoms. The number of amides is 1. The number of carbonyl (C=O) groups is 2. The van der Waals surface area contributed by atoms with Gasteiger partial charge in [-0.25, -0.2) is 4.79 Å². The first-order chi connectivity index (χ1) is 11.4. The number of anilines is 1. The summed E-state index contributed by atoms with van der Waals surface area (Å²) in [6, 6.07) is 12.1. The molecule has 24 heavy (non-hydrogen) atoms.